The van der Waals surface area contributed by atoms with Crippen molar-refractivity contribution in [1.29, 1.82) is 0 Å². The molecule has 1 heterocycles. The van der Waals surface area contributed by atoms with Crippen molar-refractivity contribution in [3.05, 3.63) is 52.0 Å². The van der Waals surface area contributed by atoms with E-state index in [2.05, 4.69) is 25.9 Å². The zero-order chi connectivity index (χ0) is 11.8. The number of aromatic amines is 1. The minimum Gasteiger partial charge on any atom is -0.338 e. The Hall–Kier alpha value is -1.32. The van der Waals surface area contributed by atoms with E-state index in [0.29, 0.717) is 5.02 Å². The van der Waals surface area contributed by atoms with Crippen molar-refractivity contribution in [3.63, 3.8) is 0 Å². The molecular formula is C13H8BrClN2. The molecule has 4 heteroatoms. The summed E-state index contributed by atoms with van der Waals surface area (Å²) in [5.74, 6) is 0.789. The highest BCUT2D eigenvalue weighted by Gasteiger charge is 2.09. The lowest BCUT2D eigenvalue weighted by Crippen LogP contribution is -1.80. The third kappa shape index (κ3) is 1.85. The van der Waals surface area contributed by atoms with Gasteiger partial charge in [0.25, 0.3) is 0 Å². The molecule has 0 aliphatic heterocycles. The van der Waals surface area contributed by atoms with Crippen molar-refractivity contribution in [1.82, 2.24) is 9.97 Å². The summed E-state index contributed by atoms with van der Waals surface area (Å²) in [5, 5.41) is 0.697. The van der Waals surface area contributed by atoms with Crippen molar-refractivity contribution in [3.8, 4) is 11.4 Å². The van der Waals surface area contributed by atoms with Crippen LogP contribution >= 0.6 is 27.5 Å². The fourth-order valence-electron chi connectivity index (χ4n) is 1.78. The first-order valence-electron chi connectivity index (χ1n) is 5.15. The molecule has 0 fully saturated rings. The van der Waals surface area contributed by atoms with Gasteiger partial charge in [0, 0.05) is 10.0 Å². The van der Waals surface area contributed by atoms with Crippen LogP contribution < -0.4 is 0 Å². The van der Waals surface area contributed by atoms with Gasteiger partial charge in [-0.1, -0.05) is 29.8 Å². The van der Waals surface area contributed by atoms with Gasteiger partial charge in [-0.25, -0.2) is 4.98 Å². The van der Waals surface area contributed by atoms with Crippen molar-refractivity contribution in [2.75, 3.05) is 0 Å². The summed E-state index contributed by atoms with van der Waals surface area (Å²) < 4.78 is 0.976. The lowest BCUT2D eigenvalue weighted by Gasteiger charge is -1.98. The van der Waals surface area contributed by atoms with Crippen molar-refractivity contribution < 1.29 is 0 Å². The number of fused-ring (bicyclic) bond motifs is 1. The van der Waals surface area contributed by atoms with Crippen LogP contribution in [0.2, 0.25) is 5.02 Å². The molecule has 0 saturated carbocycles. The lowest BCUT2D eigenvalue weighted by molar-refractivity contribution is 1.33. The summed E-state index contributed by atoms with van der Waals surface area (Å²) in [6, 6.07) is 13.6. The summed E-state index contributed by atoms with van der Waals surface area (Å²) in [7, 11) is 0. The predicted molar refractivity (Wildman–Crippen MR) is 74.2 cm³/mol. The Morgan fingerprint density at radius 2 is 1.88 bits per heavy atom. The van der Waals surface area contributed by atoms with Gasteiger partial charge in [0.15, 0.2) is 0 Å². The molecule has 1 aromatic heterocycles. The molecule has 0 saturated heterocycles. The Balaban J connectivity index is 2.26. The lowest BCUT2D eigenvalue weighted by atomic mass is 10.2. The molecule has 84 valence electrons. The standard InChI is InChI=1S/C13H8BrClN2/c14-9-5-3-7-11-12(9)17-13(16-11)8-4-1-2-6-10(8)15/h1-7H,(H,16,17). The van der Waals surface area contributed by atoms with Gasteiger partial charge in [-0.3, -0.25) is 0 Å². The molecule has 0 aliphatic rings. The van der Waals surface area contributed by atoms with E-state index in [0.717, 1.165) is 26.9 Å². The number of H-pyrrole nitrogens is 1. The minimum atomic E-state index is 0.697. The van der Waals surface area contributed by atoms with Gasteiger partial charge in [0.1, 0.15) is 11.3 Å². The smallest absolute Gasteiger partial charge is 0.140 e. The van der Waals surface area contributed by atoms with Crippen LogP contribution in [0, 0.1) is 0 Å². The molecule has 3 aromatic rings. The summed E-state index contributed by atoms with van der Waals surface area (Å²) in [6.07, 6.45) is 0. The third-order valence-electron chi connectivity index (χ3n) is 2.59. The number of nitrogens with zero attached hydrogens (tertiary/aromatic N) is 1. The van der Waals surface area contributed by atoms with Crippen LogP contribution in [0.25, 0.3) is 22.4 Å². The normalized spacial score (nSPS) is 10.9. The zero-order valence-electron chi connectivity index (χ0n) is 8.74. The van der Waals surface area contributed by atoms with Crippen LogP contribution in [0.15, 0.2) is 46.9 Å². The molecule has 1 N–H and O–H groups in total. The van der Waals surface area contributed by atoms with Gasteiger partial charge in [0.2, 0.25) is 0 Å². The van der Waals surface area contributed by atoms with E-state index in [1.165, 1.54) is 0 Å². The maximum absolute atomic E-state index is 6.15. The Bertz CT molecular complexity index is 691. The second kappa shape index (κ2) is 4.17. The zero-order valence-corrected chi connectivity index (χ0v) is 11.1. The van der Waals surface area contributed by atoms with Crippen molar-refractivity contribution in [2.45, 2.75) is 0 Å². The predicted octanol–water partition coefficient (Wildman–Crippen LogP) is 4.65. The van der Waals surface area contributed by atoms with Gasteiger partial charge < -0.3 is 4.98 Å². The summed E-state index contributed by atoms with van der Waals surface area (Å²) >= 11 is 9.64. The monoisotopic (exact) mass is 306 g/mol. The quantitative estimate of drug-likeness (QED) is 0.697. The molecule has 3 rings (SSSR count). The number of benzene rings is 2. The first-order chi connectivity index (χ1) is 8.25. The Morgan fingerprint density at radius 1 is 1.06 bits per heavy atom. The van der Waals surface area contributed by atoms with E-state index in [1.807, 2.05) is 42.5 Å². The minimum absolute atomic E-state index is 0.697. The number of halogens is 2. The largest absolute Gasteiger partial charge is 0.338 e. The number of rotatable bonds is 1. The number of hydrogen-bond donors (Lipinski definition) is 1. The molecule has 0 amide bonds. The van der Waals surface area contributed by atoms with Gasteiger partial charge in [-0.2, -0.15) is 0 Å². The molecule has 0 radical (unpaired) electrons. The van der Waals surface area contributed by atoms with E-state index in [9.17, 15) is 0 Å². The average molecular weight is 308 g/mol. The van der Waals surface area contributed by atoms with Gasteiger partial charge in [-0.15, -0.1) is 0 Å². The van der Waals surface area contributed by atoms with Crippen molar-refractivity contribution >= 4 is 38.6 Å². The van der Waals surface area contributed by atoms with Crippen LogP contribution in [-0.2, 0) is 0 Å². The van der Waals surface area contributed by atoms with Crippen LogP contribution in [0.3, 0.4) is 0 Å². The number of hydrogen-bond acceptors (Lipinski definition) is 1. The highest BCUT2D eigenvalue weighted by atomic mass is 79.9. The summed E-state index contributed by atoms with van der Waals surface area (Å²) in [6.45, 7) is 0. The third-order valence-corrected chi connectivity index (χ3v) is 3.56. The maximum atomic E-state index is 6.15. The number of aromatic nitrogens is 2. The Labute approximate surface area is 112 Å². The Kier molecular flexibility index (Phi) is 2.65. The number of para-hydroxylation sites is 1. The molecule has 0 bridgehead atoms. The highest BCUT2D eigenvalue weighted by molar-refractivity contribution is 9.10. The highest BCUT2D eigenvalue weighted by Crippen LogP contribution is 2.29. The summed E-state index contributed by atoms with van der Waals surface area (Å²) in [4.78, 5) is 7.82. The second-order valence-electron chi connectivity index (χ2n) is 3.70. The molecule has 2 nitrogen and oxygen atoms in total. The topological polar surface area (TPSA) is 28.7 Å². The van der Waals surface area contributed by atoms with Gasteiger partial charge in [0.05, 0.1) is 10.5 Å². The van der Waals surface area contributed by atoms with E-state index in [4.69, 9.17) is 11.6 Å². The van der Waals surface area contributed by atoms with Crippen LogP contribution in [0.4, 0.5) is 0 Å². The molecule has 2 aromatic carbocycles. The molecular weight excluding hydrogens is 300 g/mol. The number of imidazole rings is 1. The molecule has 17 heavy (non-hydrogen) atoms. The van der Waals surface area contributed by atoms with E-state index < -0.39 is 0 Å². The van der Waals surface area contributed by atoms with Gasteiger partial charge >= 0.3 is 0 Å². The van der Waals surface area contributed by atoms with Crippen LogP contribution in [-0.4, -0.2) is 9.97 Å². The van der Waals surface area contributed by atoms with E-state index in [-0.39, 0.29) is 0 Å². The van der Waals surface area contributed by atoms with Crippen LogP contribution in [0.1, 0.15) is 0 Å². The van der Waals surface area contributed by atoms with E-state index >= 15 is 0 Å². The Morgan fingerprint density at radius 3 is 2.65 bits per heavy atom. The van der Waals surface area contributed by atoms with Crippen molar-refractivity contribution in [2.24, 2.45) is 0 Å². The molecule has 0 atom stereocenters. The number of nitrogens with one attached hydrogen (secondary N) is 1. The molecule has 0 unspecified atom stereocenters. The first kappa shape index (κ1) is 10.8. The first-order valence-corrected chi connectivity index (χ1v) is 6.32. The second-order valence-corrected chi connectivity index (χ2v) is 4.96. The average Bonchev–Trinajstić information content (AvgIpc) is 2.75. The fraction of sp³-hybridized carbons (Fsp3) is 0. The summed E-state index contributed by atoms with van der Waals surface area (Å²) in [5.41, 5.74) is 2.83. The maximum Gasteiger partial charge on any atom is 0.140 e. The van der Waals surface area contributed by atoms with Gasteiger partial charge in [-0.05, 0) is 40.2 Å². The van der Waals surface area contributed by atoms with Crippen LogP contribution in [0.5, 0.6) is 0 Å². The molecule has 0 aliphatic carbocycles. The fourth-order valence-corrected chi connectivity index (χ4v) is 2.46. The molecule has 0 spiro atoms. The van der Waals surface area contributed by atoms with E-state index in [1.54, 1.807) is 0 Å². The SMILES string of the molecule is Clc1ccccc1-c1nc2c(Br)cccc2[nH]1.